The lowest BCUT2D eigenvalue weighted by Gasteiger charge is -2.30. The van der Waals surface area contributed by atoms with Gasteiger partial charge in [0.2, 0.25) is 0 Å². The summed E-state index contributed by atoms with van der Waals surface area (Å²) < 4.78 is 10.9. The van der Waals surface area contributed by atoms with E-state index in [4.69, 9.17) is 9.26 Å². The average Bonchev–Trinajstić information content (AvgIpc) is 3.37. The Morgan fingerprint density at radius 3 is 2.44 bits per heavy atom. The molecule has 1 amide bonds. The molecule has 7 heteroatoms. The van der Waals surface area contributed by atoms with Gasteiger partial charge in [-0.05, 0) is 49.9 Å². The highest BCUT2D eigenvalue weighted by Crippen LogP contribution is 2.35. The first kappa shape index (κ1) is 17.9. The van der Waals surface area contributed by atoms with Crippen LogP contribution >= 0.6 is 0 Å². The van der Waals surface area contributed by atoms with Crippen molar-refractivity contribution < 1.29 is 19.2 Å². The lowest BCUT2D eigenvalue weighted by molar-refractivity contribution is 0.0547. The van der Waals surface area contributed by atoms with Gasteiger partial charge in [-0.15, -0.1) is 0 Å². The number of rotatable bonds is 4. The number of hydrogen-bond donors (Lipinski definition) is 1. The molecule has 0 spiro atoms. The number of carbonyl (C=O) groups is 1. The number of aliphatic hydroxyl groups excluding tert-OH is 1. The number of aliphatic hydroxyl groups is 1. The van der Waals surface area contributed by atoms with Crippen molar-refractivity contribution in [2.45, 2.75) is 31.8 Å². The molecule has 7 nitrogen and oxygen atoms in total. The molecule has 0 atom stereocenters. The molecule has 0 bridgehead atoms. The zero-order valence-corrected chi connectivity index (χ0v) is 15.6. The van der Waals surface area contributed by atoms with Crippen LogP contribution in [0, 0.1) is 0 Å². The Morgan fingerprint density at radius 2 is 1.81 bits per heavy atom. The van der Waals surface area contributed by atoms with Crippen LogP contribution in [0.1, 0.15) is 36.0 Å². The van der Waals surface area contributed by atoms with Crippen LogP contribution in [0.25, 0.3) is 11.3 Å². The SMILES string of the molecule is COc1ccc(-c2onc(N3CCCC3)c2C(=O)N2CCC(O)CC2)cc1. The van der Waals surface area contributed by atoms with Gasteiger partial charge in [-0.1, -0.05) is 5.16 Å². The molecule has 1 aromatic carbocycles. The van der Waals surface area contributed by atoms with Crippen molar-refractivity contribution in [1.29, 1.82) is 0 Å². The first-order valence-corrected chi connectivity index (χ1v) is 9.53. The molecule has 27 heavy (non-hydrogen) atoms. The third kappa shape index (κ3) is 3.51. The average molecular weight is 371 g/mol. The number of aromatic nitrogens is 1. The number of carbonyl (C=O) groups excluding carboxylic acids is 1. The van der Waals surface area contributed by atoms with Crippen molar-refractivity contribution in [2.75, 3.05) is 38.2 Å². The summed E-state index contributed by atoms with van der Waals surface area (Å²) in [6.45, 7) is 2.86. The van der Waals surface area contributed by atoms with Gasteiger partial charge in [0.1, 0.15) is 11.3 Å². The first-order valence-electron chi connectivity index (χ1n) is 9.53. The third-order valence-corrected chi connectivity index (χ3v) is 5.40. The van der Waals surface area contributed by atoms with Gasteiger partial charge in [0.15, 0.2) is 11.6 Å². The minimum absolute atomic E-state index is 0.0733. The molecule has 2 aliphatic heterocycles. The van der Waals surface area contributed by atoms with E-state index < -0.39 is 0 Å². The molecular formula is C20H25N3O4. The molecule has 3 heterocycles. The van der Waals surface area contributed by atoms with E-state index in [2.05, 4.69) is 10.1 Å². The standard InChI is InChI=1S/C20H25N3O4/c1-26-16-6-4-14(5-7-16)18-17(19(21-27-18)22-10-2-3-11-22)20(25)23-12-8-15(24)9-13-23/h4-7,15,24H,2-3,8-13H2,1H3. The fraction of sp³-hybridized carbons (Fsp3) is 0.500. The quantitative estimate of drug-likeness (QED) is 0.890. The smallest absolute Gasteiger partial charge is 0.261 e. The van der Waals surface area contributed by atoms with Gasteiger partial charge in [0.05, 0.1) is 13.2 Å². The number of anilines is 1. The van der Waals surface area contributed by atoms with Crippen LogP contribution in [0.4, 0.5) is 5.82 Å². The number of amides is 1. The van der Waals surface area contributed by atoms with Crippen LogP contribution in [-0.4, -0.2) is 60.5 Å². The lowest BCUT2D eigenvalue weighted by atomic mass is 10.0. The van der Waals surface area contributed by atoms with E-state index in [1.165, 1.54) is 0 Å². The third-order valence-electron chi connectivity index (χ3n) is 5.40. The van der Waals surface area contributed by atoms with Gasteiger partial charge in [0, 0.05) is 31.7 Å². The van der Waals surface area contributed by atoms with Gasteiger partial charge >= 0.3 is 0 Å². The van der Waals surface area contributed by atoms with Crippen LogP contribution in [0.3, 0.4) is 0 Å². The number of ether oxygens (including phenoxy) is 1. The molecule has 2 saturated heterocycles. The number of piperidine rings is 1. The Hall–Kier alpha value is -2.54. The normalized spacial score (nSPS) is 18.1. The summed E-state index contributed by atoms with van der Waals surface area (Å²) in [7, 11) is 1.62. The summed E-state index contributed by atoms with van der Waals surface area (Å²) in [5.41, 5.74) is 1.33. The number of likely N-dealkylation sites (tertiary alicyclic amines) is 1. The minimum atomic E-state index is -0.323. The summed E-state index contributed by atoms with van der Waals surface area (Å²) in [4.78, 5) is 17.3. The number of methoxy groups -OCH3 is 1. The predicted octanol–water partition coefficient (Wildman–Crippen LogP) is 2.55. The Bertz CT molecular complexity index is 788. The fourth-order valence-electron chi connectivity index (χ4n) is 3.79. The minimum Gasteiger partial charge on any atom is -0.497 e. The van der Waals surface area contributed by atoms with Gasteiger partial charge in [-0.2, -0.15) is 0 Å². The molecule has 0 aliphatic carbocycles. The maximum Gasteiger partial charge on any atom is 0.261 e. The van der Waals surface area contributed by atoms with E-state index in [1.807, 2.05) is 24.3 Å². The van der Waals surface area contributed by atoms with Crippen LogP contribution in [0.2, 0.25) is 0 Å². The van der Waals surface area contributed by atoms with Crippen molar-refractivity contribution in [3.63, 3.8) is 0 Å². The highest BCUT2D eigenvalue weighted by atomic mass is 16.5. The van der Waals surface area contributed by atoms with Crippen LogP contribution < -0.4 is 9.64 Å². The highest BCUT2D eigenvalue weighted by molar-refractivity contribution is 6.04. The predicted molar refractivity (Wildman–Crippen MR) is 101 cm³/mol. The van der Waals surface area contributed by atoms with Crippen LogP contribution in [-0.2, 0) is 0 Å². The van der Waals surface area contributed by atoms with Crippen molar-refractivity contribution >= 4 is 11.7 Å². The molecule has 0 unspecified atom stereocenters. The van der Waals surface area contributed by atoms with Crippen LogP contribution in [0.15, 0.2) is 28.8 Å². The maximum absolute atomic E-state index is 13.4. The van der Waals surface area contributed by atoms with E-state index in [-0.39, 0.29) is 12.0 Å². The summed E-state index contributed by atoms with van der Waals surface area (Å²) in [6, 6.07) is 7.45. The van der Waals surface area contributed by atoms with E-state index >= 15 is 0 Å². The number of nitrogens with zero attached hydrogens (tertiary/aromatic N) is 3. The largest absolute Gasteiger partial charge is 0.497 e. The molecule has 4 rings (SSSR count). The van der Waals surface area contributed by atoms with Gasteiger partial charge in [0.25, 0.3) is 5.91 Å². The second-order valence-corrected chi connectivity index (χ2v) is 7.16. The van der Waals surface area contributed by atoms with Crippen molar-refractivity contribution in [3.05, 3.63) is 29.8 Å². The number of benzene rings is 1. The second kappa shape index (κ2) is 7.60. The topological polar surface area (TPSA) is 79.0 Å². The maximum atomic E-state index is 13.4. The summed E-state index contributed by atoms with van der Waals surface area (Å²) in [5.74, 6) is 1.80. The summed E-state index contributed by atoms with van der Waals surface area (Å²) >= 11 is 0. The highest BCUT2D eigenvalue weighted by Gasteiger charge is 2.33. The molecule has 2 aromatic rings. The number of hydrogen-bond acceptors (Lipinski definition) is 6. The zero-order chi connectivity index (χ0) is 18.8. The molecule has 2 fully saturated rings. The van der Waals surface area contributed by atoms with Gasteiger partial charge < -0.3 is 24.2 Å². The zero-order valence-electron chi connectivity index (χ0n) is 15.6. The Kier molecular flexibility index (Phi) is 5.03. The molecule has 144 valence electrons. The van der Waals surface area contributed by atoms with Gasteiger partial charge in [-0.3, -0.25) is 4.79 Å². The van der Waals surface area contributed by atoms with Crippen LogP contribution in [0.5, 0.6) is 5.75 Å². The van der Waals surface area contributed by atoms with E-state index in [0.29, 0.717) is 43.1 Å². The van der Waals surface area contributed by atoms with Crippen molar-refractivity contribution in [1.82, 2.24) is 10.1 Å². The Balaban J connectivity index is 1.71. The molecule has 0 saturated carbocycles. The molecule has 0 radical (unpaired) electrons. The van der Waals surface area contributed by atoms with Crippen molar-refractivity contribution in [2.24, 2.45) is 0 Å². The van der Waals surface area contributed by atoms with Gasteiger partial charge in [-0.25, -0.2) is 0 Å². The molecule has 2 aliphatic rings. The molecule has 1 aromatic heterocycles. The lowest BCUT2D eigenvalue weighted by Crippen LogP contribution is -2.40. The first-order chi connectivity index (χ1) is 13.2. The molecular weight excluding hydrogens is 346 g/mol. The molecule has 1 N–H and O–H groups in total. The summed E-state index contributed by atoms with van der Waals surface area (Å²) in [5, 5.41) is 14.0. The summed E-state index contributed by atoms with van der Waals surface area (Å²) in [6.07, 6.45) is 3.07. The van der Waals surface area contributed by atoms with E-state index in [1.54, 1.807) is 12.0 Å². The van der Waals surface area contributed by atoms with E-state index in [9.17, 15) is 9.90 Å². The van der Waals surface area contributed by atoms with E-state index in [0.717, 1.165) is 37.2 Å². The second-order valence-electron chi connectivity index (χ2n) is 7.16. The Labute approximate surface area is 158 Å². The van der Waals surface area contributed by atoms with Crippen molar-refractivity contribution in [3.8, 4) is 17.1 Å². The monoisotopic (exact) mass is 371 g/mol. The Morgan fingerprint density at radius 1 is 1.15 bits per heavy atom. The fourth-order valence-corrected chi connectivity index (χ4v) is 3.79.